The number of hydrogen-bond donors (Lipinski definition) is 1. The first kappa shape index (κ1) is 15.0. The average Bonchev–Trinajstić information content (AvgIpc) is 2.49. The van der Waals surface area contributed by atoms with E-state index < -0.39 is 4.92 Å². The zero-order chi connectivity index (χ0) is 15.1. The van der Waals surface area contributed by atoms with Gasteiger partial charge in [0.1, 0.15) is 0 Å². The Morgan fingerprint density at radius 3 is 2.52 bits per heavy atom. The number of nitro groups is 1. The SMILES string of the molecule is O=[N+]([O-])c1cc(Cc2ccccc2)ccc1OCCCO. The van der Waals surface area contributed by atoms with Crippen LogP contribution in [0.25, 0.3) is 0 Å². The van der Waals surface area contributed by atoms with E-state index in [1.165, 1.54) is 0 Å². The van der Waals surface area contributed by atoms with E-state index in [9.17, 15) is 10.1 Å². The molecule has 1 N–H and O–H groups in total. The summed E-state index contributed by atoms with van der Waals surface area (Å²) in [5.41, 5.74) is 1.92. The first-order valence-electron chi connectivity index (χ1n) is 6.75. The molecular formula is C16H17NO4. The van der Waals surface area contributed by atoms with Crippen LogP contribution in [0.1, 0.15) is 17.5 Å². The highest BCUT2D eigenvalue weighted by molar-refractivity contribution is 5.49. The van der Waals surface area contributed by atoms with Crippen LogP contribution in [0.2, 0.25) is 0 Å². The second kappa shape index (κ2) is 7.40. The molecule has 0 aliphatic carbocycles. The van der Waals surface area contributed by atoms with Crippen molar-refractivity contribution in [1.29, 1.82) is 0 Å². The van der Waals surface area contributed by atoms with Gasteiger partial charge in [-0.3, -0.25) is 10.1 Å². The number of hydrogen-bond acceptors (Lipinski definition) is 4. The average molecular weight is 287 g/mol. The van der Waals surface area contributed by atoms with Gasteiger partial charge in [-0.15, -0.1) is 0 Å². The number of aliphatic hydroxyl groups excluding tert-OH is 1. The van der Waals surface area contributed by atoms with E-state index in [4.69, 9.17) is 9.84 Å². The van der Waals surface area contributed by atoms with Crippen LogP contribution in [0.5, 0.6) is 5.75 Å². The summed E-state index contributed by atoms with van der Waals surface area (Å²) < 4.78 is 5.34. The van der Waals surface area contributed by atoms with E-state index >= 15 is 0 Å². The lowest BCUT2D eigenvalue weighted by Crippen LogP contribution is -2.03. The van der Waals surface area contributed by atoms with E-state index in [1.54, 1.807) is 12.1 Å². The van der Waals surface area contributed by atoms with E-state index in [0.717, 1.165) is 11.1 Å². The van der Waals surface area contributed by atoms with Crippen LogP contribution >= 0.6 is 0 Å². The maximum absolute atomic E-state index is 11.1. The molecule has 2 aromatic rings. The third-order valence-corrected chi connectivity index (χ3v) is 3.03. The Hall–Kier alpha value is -2.40. The van der Waals surface area contributed by atoms with Gasteiger partial charge in [0, 0.05) is 19.1 Å². The van der Waals surface area contributed by atoms with Crippen molar-refractivity contribution in [2.24, 2.45) is 0 Å². The Kier molecular flexibility index (Phi) is 5.29. The van der Waals surface area contributed by atoms with Crippen LogP contribution in [0.4, 0.5) is 5.69 Å². The Balaban J connectivity index is 2.17. The van der Waals surface area contributed by atoms with Gasteiger partial charge in [-0.2, -0.15) is 0 Å². The number of rotatable bonds is 7. The van der Waals surface area contributed by atoms with Crippen LogP contribution in [0.15, 0.2) is 48.5 Å². The largest absolute Gasteiger partial charge is 0.487 e. The summed E-state index contributed by atoms with van der Waals surface area (Å²) in [4.78, 5) is 10.7. The van der Waals surface area contributed by atoms with Crippen LogP contribution in [-0.4, -0.2) is 23.2 Å². The summed E-state index contributed by atoms with van der Waals surface area (Å²) in [5.74, 6) is 0.241. The van der Waals surface area contributed by atoms with Gasteiger partial charge >= 0.3 is 5.69 Å². The van der Waals surface area contributed by atoms with Crippen molar-refractivity contribution in [2.75, 3.05) is 13.2 Å². The number of nitro benzene ring substituents is 1. The molecular weight excluding hydrogens is 270 g/mol. The van der Waals surface area contributed by atoms with Crippen molar-refractivity contribution < 1.29 is 14.8 Å². The number of ether oxygens (including phenoxy) is 1. The fourth-order valence-electron chi connectivity index (χ4n) is 2.02. The molecule has 5 heteroatoms. The van der Waals surface area contributed by atoms with Crippen LogP contribution in [0.3, 0.4) is 0 Å². The lowest BCUT2D eigenvalue weighted by Gasteiger charge is -2.08. The molecule has 0 amide bonds. The van der Waals surface area contributed by atoms with Gasteiger partial charge in [0.15, 0.2) is 5.75 Å². The first-order chi connectivity index (χ1) is 10.2. The van der Waals surface area contributed by atoms with Crippen LogP contribution in [-0.2, 0) is 6.42 Å². The summed E-state index contributed by atoms with van der Waals surface area (Å²) in [6.07, 6.45) is 1.08. The molecule has 0 aliphatic heterocycles. The summed E-state index contributed by atoms with van der Waals surface area (Å²) >= 11 is 0. The molecule has 0 radical (unpaired) electrons. The third kappa shape index (κ3) is 4.29. The molecule has 0 saturated heterocycles. The van der Waals surface area contributed by atoms with Crippen molar-refractivity contribution in [3.05, 3.63) is 69.8 Å². The minimum atomic E-state index is -0.442. The zero-order valence-electron chi connectivity index (χ0n) is 11.6. The predicted octanol–water partition coefficient (Wildman–Crippen LogP) is 2.95. The molecule has 21 heavy (non-hydrogen) atoms. The standard InChI is InChI=1S/C16H17NO4/c18-9-4-10-21-16-8-7-14(12-15(16)17(19)20)11-13-5-2-1-3-6-13/h1-3,5-8,12,18H,4,9-11H2. The fraction of sp³-hybridized carbons (Fsp3) is 0.250. The zero-order valence-corrected chi connectivity index (χ0v) is 11.6. The Bertz CT molecular complexity index is 598. The molecule has 2 aromatic carbocycles. The highest BCUT2D eigenvalue weighted by Gasteiger charge is 2.16. The first-order valence-corrected chi connectivity index (χ1v) is 6.75. The quantitative estimate of drug-likeness (QED) is 0.483. The maximum atomic E-state index is 11.1. The molecule has 0 aliphatic rings. The summed E-state index contributed by atoms with van der Waals surface area (Å²) in [6.45, 7) is 0.259. The molecule has 0 saturated carbocycles. The van der Waals surface area contributed by atoms with Gasteiger partial charge in [-0.25, -0.2) is 0 Å². The van der Waals surface area contributed by atoms with Gasteiger partial charge in [-0.1, -0.05) is 36.4 Å². The summed E-state index contributed by atoms with van der Waals surface area (Å²) in [5, 5.41) is 19.9. The van der Waals surface area contributed by atoms with Crippen molar-refractivity contribution in [1.82, 2.24) is 0 Å². The van der Waals surface area contributed by atoms with E-state index in [1.807, 2.05) is 36.4 Å². The number of aliphatic hydroxyl groups is 1. The van der Waals surface area contributed by atoms with Gasteiger partial charge in [-0.05, 0) is 23.6 Å². The topological polar surface area (TPSA) is 72.6 Å². The minimum Gasteiger partial charge on any atom is -0.487 e. The second-order valence-corrected chi connectivity index (χ2v) is 4.65. The molecule has 0 spiro atoms. The van der Waals surface area contributed by atoms with Crippen molar-refractivity contribution in [3.63, 3.8) is 0 Å². The third-order valence-electron chi connectivity index (χ3n) is 3.03. The predicted molar refractivity (Wildman–Crippen MR) is 79.5 cm³/mol. The molecule has 0 fully saturated rings. The maximum Gasteiger partial charge on any atom is 0.311 e. The smallest absolute Gasteiger partial charge is 0.311 e. The lowest BCUT2D eigenvalue weighted by molar-refractivity contribution is -0.385. The number of benzene rings is 2. The molecule has 0 heterocycles. The minimum absolute atomic E-state index is 0.000111. The van der Waals surface area contributed by atoms with Crippen molar-refractivity contribution in [3.8, 4) is 5.75 Å². The summed E-state index contributed by atoms with van der Waals surface area (Å²) in [6, 6.07) is 14.8. The van der Waals surface area contributed by atoms with Crippen LogP contribution in [0, 0.1) is 10.1 Å². The monoisotopic (exact) mass is 287 g/mol. The summed E-state index contributed by atoms with van der Waals surface area (Å²) in [7, 11) is 0. The highest BCUT2D eigenvalue weighted by atomic mass is 16.6. The van der Waals surface area contributed by atoms with Gasteiger partial charge < -0.3 is 9.84 Å². The van der Waals surface area contributed by atoms with Crippen molar-refractivity contribution >= 4 is 5.69 Å². The van der Waals surface area contributed by atoms with Gasteiger partial charge in [0.2, 0.25) is 0 Å². The number of nitrogens with zero attached hydrogens (tertiary/aromatic N) is 1. The van der Waals surface area contributed by atoms with Gasteiger partial charge in [0.25, 0.3) is 0 Å². The molecule has 0 bridgehead atoms. The second-order valence-electron chi connectivity index (χ2n) is 4.65. The van der Waals surface area contributed by atoms with E-state index in [2.05, 4.69) is 0 Å². The van der Waals surface area contributed by atoms with E-state index in [0.29, 0.717) is 12.8 Å². The van der Waals surface area contributed by atoms with Crippen molar-refractivity contribution in [2.45, 2.75) is 12.8 Å². The molecule has 5 nitrogen and oxygen atoms in total. The van der Waals surface area contributed by atoms with Gasteiger partial charge in [0.05, 0.1) is 11.5 Å². The molecule has 110 valence electrons. The van der Waals surface area contributed by atoms with E-state index in [-0.39, 0.29) is 24.7 Å². The Morgan fingerprint density at radius 2 is 1.86 bits per heavy atom. The normalized spacial score (nSPS) is 10.3. The molecule has 0 aromatic heterocycles. The highest BCUT2D eigenvalue weighted by Crippen LogP contribution is 2.29. The lowest BCUT2D eigenvalue weighted by atomic mass is 10.0. The molecule has 0 unspecified atom stereocenters. The fourth-order valence-corrected chi connectivity index (χ4v) is 2.02. The Labute approximate surface area is 123 Å². The van der Waals surface area contributed by atoms with Crippen LogP contribution < -0.4 is 4.74 Å². The molecule has 2 rings (SSSR count). The Morgan fingerprint density at radius 1 is 1.10 bits per heavy atom. The molecule has 0 atom stereocenters.